The van der Waals surface area contributed by atoms with Gasteiger partial charge in [0.25, 0.3) is 0 Å². The number of para-hydroxylation sites is 1. The summed E-state index contributed by atoms with van der Waals surface area (Å²) in [6, 6.07) is 16.8. The number of hydrogen-bond donors (Lipinski definition) is 2. The van der Waals surface area contributed by atoms with Gasteiger partial charge in [-0.05, 0) is 18.6 Å². The number of hydrogen-bond acceptors (Lipinski definition) is 3. The van der Waals surface area contributed by atoms with Crippen LogP contribution in [-0.2, 0) is 11.4 Å². The number of amides is 2. The van der Waals surface area contributed by atoms with Crippen molar-refractivity contribution in [3.63, 3.8) is 0 Å². The first-order valence-electron chi connectivity index (χ1n) is 8.46. The fourth-order valence-corrected chi connectivity index (χ4v) is 2.44. The maximum atomic E-state index is 12.2. The van der Waals surface area contributed by atoms with E-state index >= 15 is 0 Å². The third-order valence-corrected chi connectivity index (χ3v) is 3.97. The lowest BCUT2D eigenvalue weighted by Crippen LogP contribution is -2.39. The Bertz CT molecular complexity index is 734. The fourth-order valence-electron chi connectivity index (χ4n) is 2.44. The lowest BCUT2D eigenvalue weighted by atomic mass is 10.1. The summed E-state index contributed by atoms with van der Waals surface area (Å²) < 4.78 is 5.92. The molecule has 0 aliphatic heterocycles. The summed E-state index contributed by atoms with van der Waals surface area (Å²) in [5.41, 5.74) is 1.93. The van der Waals surface area contributed by atoms with Crippen LogP contribution >= 0.6 is 0 Å². The van der Waals surface area contributed by atoms with Crippen molar-refractivity contribution in [1.82, 2.24) is 10.2 Å². The third-order valence-electron chi connectivity index (χ3n) is 3.97. The molecule has 0 heterocycles. The first kappa shape index (κ1) is 19.3. The SMILES string of the molecule is C[C@@H](NC(=O)N(C)CCC(=O)O)c1ccccc1OCc1ccccc1. The Balaban J connectivity index is 1.99. The summed E-state index contributed by atoms with van der Waals surface area (Å²) in [6.07, 6.45) is -0.0882. The van der Waals surface area contributed by atoms with Gasteiger partial charge in [-0.15, -0.1) is 0 Å². The maximum absolute atomic E-state index is 12.2. The highest BCUT2D eigenvalue weighted by Gasteiger charge is 2.17. The molecule has 6 heteroatoms. The van der Waals surface area contributed by atoms with Gasteiger partial charge in [0.1, 0.15) is 12.4 Å². The molecule has 2 amide bonds. The highest BCUT2D eigenvalue weighted by molar-refractivity contribution is 5.75. The van der Waals surface area contributed by atoms with E-state index in [1.165, 1.54) is 4.90 Å². The molecule has 0 aliphatic rings. The van der Waals surface area contributed by atoms with Crippen molar-refractivity contribution in [2.24, 2.45) is 0 Å². The molecule has 138 valence electrons. The van der Waals surface area contributed by atoms with Crippen molar-refractivity contribution in [1.29, 1.82) is 0 Å². The van der Waals surface area contributed by atoms with Gasteiger partial charge >= 0.3 is 12.0 Å². The minimum Gasteiger partial charge on any atom is -0.489 e. The van der Waals surface area contributed by atoms with Crippen molar-refractivity contribution in [2.45, 2.75) is 26.0 Å². The number of nitrogens with one attached hydrogen (secondary N) is 1. The third kappa shape index (κ3) is 5.81. The Morgan fingerprint density at radius 2 is 1.77 bits per heavy atom. The summed E-state index contributed by atoms with van der Waals surface area (Å²) in [6.45, 7) is 2.46. The van der Waals surface area contributed by atoms with Crippen molar-refractivity contribution < 1.29 is 19.4 Å². The molecule has 0 saturated carbocycles. The Kier molecular flexibility index (Phi) is 7.02. The number of carboxylic acids is 1. The Labute approximate surface area is 153 Å². The predicted octanol–water partition coefficient (Wildman–Crippen LogP) is 3.44. The monoisotopic (exact) mass is 356 g/mol. The van der Waals surface area contributed by atoms with Crippen LogP contribution in [0.5, 0.6) is 5.75 Å². The normalized spacial score (nSPS) is 11.5. The molecule has 0 saturated heterocycles. The second kappa shape index (κ2) is 9.46. The van der Waals surface area contributed by atoms with Gasteiger partial charge in [-0.1, -0.05) is 48.5 Å². The number of rotatable bonds is 8. The van der Waals surface area contributed by atoms with Crippen LogP contribution in [0.1, 0.15) is 30.5 Å². The van der Waals surface area contributed by atoms with Crippen molar-refractivity contribution in [2.75, 3.05) is 13.6 Å². The average molecular weight is 356 g/mol. The van der Waals surface area contributed by atoms with Gasteiger partial charge in [0.2, 0.25) is 0 Å². The second-order valence-electron chi connectivity index (χ2n) is 6.05. The largest absolute Gasteiger partial charge is 0.489 e. The average Bonchev–Trinajstić information content (AvgIpc) is 2.65. The standard InChI is InChI=1S/C20H24N2O4/c1-15(21-20(25)22(2)13-12-19(23)24)17-10-6-7-11-18(17)26-14-16-8-4-3-5-9-16/h3-11,15H,12-14H2,1-2H3,(H,21,25)(H,23,24)/t15-/m1/s1. The number of aliphatic carboxylic acids is 1. The van der Waals surface area contributed by atoms with Crippen LogP contribution in [0.25, 0.3) is 0 Å². The highest BCUT2D eigenvalue weighted by atomic mass is 16.5. The molecule has 0 bridgehead atoms. The van der Waals surface area contributed by atoms with Crippen molar-refractivity contribution in [3.8, 4) is 5.75 Å². The number of nitrogens with zero attached hydrogens (tertiary/aromatic N) is 1. The van der Waals surface area contributed by atoms with Crippen molar-refractivity contribution in [3.05, 3.63) is 65.7 Å². The van der Waals surface area contributed by atoms with Crippen LogP contribution in [-0.4, -0.2) is 35.6 Å². The van der Waals surface area contributed by atoms with Crippen LogP contribution in [0.15, 0.2) is 54.6 Å². The van der Waals surface area contributed by atoms with Gasteiger partial charge in [0, 0.05) is 19.2 Å². The number of ether oxygens (including phenoxy) is 1. The van der Waals surface area contributed by atoms with Gasteiger partial charge in [-0.25, -0.2) is 4.79 Å². The van der Waals surface area contributed by atoms with E-state index in [2.05, 4.69) is 5.32 Å². The zero-order valence-corrected chi connectivity index (χ0v) is 15.0. The maximum Gasteiger partial charge on any atom is 0.317 e. The first-order valence-corrected chi connectivity index (χ1v) is 8.46. The number of benzene rings is 2. The van der Waals surface area contributed by atoms with E-state index in [1.807, 2.05) is 61.5 Å². The molecule has 6 nitrogen and oxygen atoms in total. The number of carbonyl (C=O) groups excluding carboxylic acids is 1. The summed E-state index contributed by atoms with van der Waals surface area (Å²) >= 11 is 0. The molecular formula is C20H24N2O4. The molecule has 26 heavy (non-hydrogen) atoms. The van der Waals surface area contributed by atoms with Crippen LogP contribution in [0.2, 0.25) is 0 Å². The molecule has 0 aliphatic carbocycles. The van der Waals surface area contributed by atoms with Crippen LogP contribution in [0.3, 0.4) is 0 Å². The van der Waals surface area contributed by atoms with Crippen molar-refractivity contribution >= 4 is 12.0 Å². The second-order valence-corrected chi connectivity index (χ2v) is 6.05. The molecule has 0 aromatic heterocycles. The first-order chi connectivity index (χ1) is 12.5. The molecule has 1 atom stereocenters. The van der Waals surface area contributed by atoms with Crippen LogP contribution in [0, 0.1) is 0 Å². The summed E-state index contributed by atoms with van der Waals surface area (Å²) in [7, 11) is 1.57. The Morgan fingerprint density at radius 3 is 2.46 bits per heavy atom. The van der Waals surface area contributed by atoms with Crippen LogP contribution < -0.4 is 10.1 Å². The Hall–Kier alpha value is -3.02. The van der Waals surface area contributed by atoms with Gasteiger partial charge < -0.3 is 20.1 Å². The van der Waals surface area contributed by atoms with Crippen LogP contribution in [0.4, 0.5) is 4.79 Å². The van der Waals surface area contributed by atoms with E-state index in [1.54, 1.807) is 7.05 Å². The minimum atomic E-state index is -0.933. The quantitative estimate of drug-likeness (QED) is 0.759. The molecule has 2 N–H and O–H groups in total. The van der Waals surface area contributed by atoms with Gasteiger partial charge in [-0.3, -0.25) is 4.79 Å². The molecule has 0 unspecified atom stereocenters. The molecule has 2 aromatic carbocycles. The Morgan fingerprint density at radius 1 is 1.12 bits per heavy atom. The number of carbonyl (C=O) groups is 2. The summed E-state index contributed by atoms with van der Waals surface area (Å²) in [5.74, 6) is -0.227. The lowest BCUT2D eigenvalue weighted by Gasteiger charge is -2.22. The van der Waals surface area contributed by atoms with E-state index in [0.717, 1.165) is 11.1 Å². The molecule has 0 spiro atoms. The molecular weight excluding hydrogens is 332 g/mol. The van der Waals surface area contributed by atoms with E-state index in [9.17, 15) is 9.59 Å². The molecule has 0 radical (unpaired) electrons. The van der Waals surface area contributed by atoms with Gasteiger partial charge in [-0.2, -0.15) is 0 Å². The zero-order valence-electron chi connectivity index (χ0n) is 15.0. The molecule has 2 rings (SSSR count). The number of carboxylic acid groups (broad SMARTS) is 1. The fraction of sp³-hybridized carbons (Fsp3) is 0.300. The smallest absolute Gasteiger partial charge is 0.317 e. The summed E-state index contributed by atoms with van der Waals surface area (Å²) in [5, 5.41) is 11.6. The number of urea groups is 1. The highest BCUT2D eigenvalue weighted by Crippen LogP contribution is 2.25. The molecule has 2 aromatic rings. The minimum absolute atomic E-state index is 0.0882. The topological polar surface area (TPSA) is 78.9 Å². The molecule has 0 fully saturated rings. The van der Waals surface area contributed by atoms with E-state index < -0.39 is 5.97 Å². The van der Waals surface area contributed by atoms with E-state index in [-0.39, 0.29) is 25.0 Å². The predicted molar refractivity (Wildman–Crippen MR) is 99.0 cm³/mol. The lowest BCUT2D eigenvalue weighted by molar-refractivity contribution is -0.137. The van der Waals surface area contributed by atoms with Gasteiger partial charge in [0.15, 0.2) is 0 Å². The zero-order chi connectivity index (χ0) is 18.9. The van der Waals surface area contributed by atoms with E-state index in [0.29, 0.717) is 12.4 Å². The van der Waals surface area contributed by atoms with E-state index in [4.69, 9.17) is 9.84 Å². The van der Waals surface area contributed by atoms with Gasteiger partial charge in [0.05, 0.1) is 12.5 Å². The summed E-state index contributed by atoms with van der Waals surface area (Å²) in [4.78, 5) is 24.2.